The number of ether oxygens (including phenoxy) is 1. The van der Waals surface area contributed by atoms with Gasteiger partial charge in [0.15, 0.2) is 7.50 Å². The van der Waals surface area contributed by atoms with Crippen LogP contribution in [-0.4, -0.2) is 20.0 Å². The Balaban J connectivity index is 1.65. The van der Waals surface area contributed by atoms with Crippen molar-refractivity contribution in [2.45, 2.75) is 77.6 Å². The molecule has 3 unspecified atom stereocenters. The van der Waals surface area contributed by atoms with Crippen molar-refractivity contribution >= 4 is 30.6 Å². The summed E-state index contributed by atoms with van der Waals surface area (Å²) in [6.45, 7) is 9.15. The predicted octanol–water partition coefficient (Wildman–Crippen LogP) is 11.1. The molecule has 41 heavy (non-hydrogen) atoms. The molecular formula is C36H45ClNO2P. The van der Waals surface area contributed by atoms with Crippen LogP contribution in [0, 0.1) is 17.8 Å². The Labute approximate surface area is 253 Å². The van der Waals surface area contributed by atoms with Crippen LogP contribution in [-0.2, 0) is 11.8 Å². The third-order valence-electron chi connectivity index (χ3n) is 9.06. The van der Waals surface area contributed by atoms with E-state index in [9.17, 15) is 0 Å². The van der Waals surface area contributed by atoms with E-state index in [2.05, 4.69) is 57.2 Å². The summed E-state index contributed by atoms with van der Waals surface area (Å²) in [6.07, 6.45) is 11.8. The number of halogens is 1. The molecule has 0 saturated heterocycles. The number of para-hydroxylation sites is 2. The first kappa shape index (κ1) is 30.1. The van der Waals surface area contributed by atoms with Crippen LogP contribution in [0.3, 0.4) is 0 Å². The summed E-state index contributed by atoms with van der Waals surface area (Å²) in [5.41, 5.74) is 6.92. The average Bonchev–Trinajstić information content (AvgIpc) is 2.94. The lowest BCUT2D eigenvalue weighted by Gasteiger charge is -2.51. The minimum absolute atomic E-state index is 0.137. The van der Waals surface area contributed by atoms with E-state index in [0.29, 0.717) is 0 Å². The molecule has 3 aromatic rings. The summed E-state index contributed by atoms with van der Waals surface area (Å²) < 4.78 is 12.3. The van der Waals surface area contributed by atoms with E-state index in [-0.39, 0.29) is 5.41 Å². The van der Waals surface area contributed by atoms with Gasteiger partial charge in [-0.3, -0.25) is 4.99 Å². The Bertz CT molecular complexity index is 1350. The summed E-state index contributed by atoms with van der Waals surface area (Å²) in [4.78, 5) is 5.11. The fourth-order valence-corrected chi connectivity index (χ4v) is 8.47. The van der Waals surface area contributed by atoms with Gasteiger partial charge in [-0.1, -0.05) is 80.9 Å². The van der Waals surface area contributed by atoms with Gasteiger partial charge >= 0.3 is 0 Å². The summed E-state index contributed by atoms with van der Waals surface area (Å²) in [6, 6.07) is 21.2. The molecule has 2 aliphatic rings. The number of unbranched alkanes of at least 4 members (excludes halogenated alkanes) is 1. The lowest BCUT2D eigenvalue weighted by molar-refractivity contribution is 0.0770. The summed E-state index contributed by atoms with van der Waals surface area (Å²) >= 11 is 6.65. The van der Waals surface area contributed by atoms with Crippen molar-refractivity contribution in [1.29, 1.82) is 0 Å². The standard InChI is InChI=1S/C36H45ClNO2P/c1-6-7-12-27-19-29(24-38-33-15-10-8-13-30(33)31-14-9-11-16-34(31)39-4)35(40-41(5)37)32(20-27)36-21-25(2)17-28(23-36)18-26(3)22-36/h8-11,13-16,19-20,24-26,28H,6-7,12,17-18,21-23H2,1-5H3. The minimum Gasteiger partial charge on any atom is -0.496 e. The second-order valence-corrected chi connectivity index (χ2v) is 15.0. The highest BCUT2D eigenvalue weighted by atomic mass is 35.7. The van der Waals surface area contributed by atoms with Gasteiger partial charge in [-0.2, -0.15) is 0 Å². The molecule has 2 saturated carbocycles. The van der Waals surface area contributed by atoms with Gasteiger partial charge in [0.2, 0.25) is 0 Å². The molecule has 218 valence electrons. The van der Waals surface area contributed by atoms with Gasteiger partial charge in [0.25, 0.3) is 0 Å². The maximum atomic E-state index is 6.65. The zero-order valence-electron chi connectivity index (χ0n) is 25.3. The third-order valence-corrected chi connectivity index (χ3v) is 9.70. The van der Waals surface area contributed by atoms with Gasteiger partial charge in [0.05, 0.1) is 12.8 Å². The Morgan fingerprint density at radius 2 is 1.66 bits per heavy atom. The van der Waals surface area contributed by atoms with Crippen LogP contribution >= 0.6 is 18.7 Å². The van der Waals surface area contributed by atoms with Crippen molar-refractivity contribution < 1.29 is 9.26 Å². The van der Waals surface area contributed by atoms with Crippen LogP contribution in [0.4, 0.5) is 5.69 Å². The molecule has 0 aromatic heterocycles. The van der Waals surface area contributed by atoms with Gasteiger partial charge < -0.3 is 9.26 Å². The first-order valence-corrected chi connectivity index (χ1v) is 17.9. The normalized spacial score (nSPS) is 24.8. The van der Waals surface area contributed by atoms with Crippen LogP contribution in [0.5, 0.6) is 11.5 Å². The number of aryl methyl sites for hydroxylation is 1. The predicted molar refractivity (Wildman–Crippen MR) is 177 cm³/mol. The third kappa shape index (κ3) is 6.84. The molecule has 0 radical (unpaired) electrons. The second kappa shape index (κ2) is 13.3. The molecule has 0 amide bonds. The molecule has 3 atom stereocenters. The van der Waals surface area contributed by atoms with Crippen LogP contribution in [0.25, 0.3) is 11.1 Å². The van der Waals surface area contributed by atoms with Crippen molar-refractivity contribution in [3.8, 4) is 22.6 Å². The van der Waals surface area contributed by atoms with E-state index in [1.165, 1.54) is 56.1 Å². The van der Waals surface area contributed by atoms with E-state index < -0.39 is 7.50 Å². The number of aliphatic imine (C=N–C) groups is 1. The molecule has 2 fully saturated rings. The van der Waals surface area contributed by atoms with Crippen molar-refractivity contribution in [2.75, 3.05) is 13.8 Å². The van der Waals surface area contributed by atoms with Crippen LogP contribution in [0.2, 0.25) is 0 Å². The zero-order valence-corrected chi connectivity index (χ0v) is 27.0. The molecule has 3 nitrogen and oxygen atoms in total. The Hall–Kier alpha value is -2.35. The van der Waals surface area contributed by atoms with Gasteiger partial charge in [-0.05, 0) is 91.9 Å². The molecule has 0 spiro atoms. The fourth-order valence-electron chi connectivity index (χ4n) is 7.81. The van der Waals surface area contributed by atoms with Crippen molar-refractivity contribution in [3.63, 3.8) is 0 Å². The number of fused-ring (bicyclic) bond motifs is 2. The zero-order chi connectivity index (χ0) is 29.0. The summed E-state index contributed by atoms with van der Waals surface area (Å²) in [7, 11) is 0.604. The number of hydrogen-bond donors (Lipinski definition) is 0. The first-order chi connectivity index (χ1) is 19.8. The van der Waals surface area contributed by atoms with Gasteiger partial charge in [0.1, 0.15) is 11.5 Å². The number of methoxy groups -OCH3 is 1. The molecule has 3 aromatic carbocycles. The van der Waals surface area contributed by atoms with E-state index in [0.717, 1.165) is 58.1 Å². The topological polar surface area (TPSA) is 30.8 Å². The highest BCUT2D eigenvalue weighted by molar-refractivity contribution is 7.79. The molecule has 5 heteroatoms. The molecule has 0 aliphatic heterocycles. The van der Waals surface area contributed by atoms with Crippen molar-refractivity contribution in [3.05, 3.63) is 77.4 Å². The Kier molecular flexibility index (Phi) is 9.77. The van der Waals surface area contributed by atoms with Gasteiger partial charge in [0, 0.05) is 35.1 Å². The van der Waals surface area contributed by atoms with E-state index in [1.807, 2.05) is 37.1 Å². The highest BCUT2D eigenvalue weighted by Crippen LogP contribution is 2.57. The minimum atomic E-state index is -1.11. The van der Waals surface area contributed by atoms with E-state index in [1.54, 1.807) is 7.11 Å². The lowest BCUT2D eigenvalue weighted by Crippen LogP contribution is -2.42. The fraction of sp³-hybridized carbons (Fsp3) is 0.472. The molecule has 0 N–H and O–H groups in total. The van der Waals surface area contributed by atoms with Crippen LogP contribution in [0.1, 0.15) is 82.4 Å². The smallest absolute Gasteiger partial charge is 0.179 e. The molecule has 5 rings (SSSR count). The van der Waals surface area contributed by atoms with E-state index in [4.69, 9.17) is 25.5 Å². The van der Waals surface area contributed by atoms with E-state index >= 15 is 0 Å². The Morgan fingerprint density at radius 1 is 0.976 bits per heavy atom. The second-order valence-electron chi connectivity index (χ2n) is 12.6. The highest BCUT2D eigenvalue weighted by Gasteiger charge is 2.47. The molecule has 2 aliphatic carbocycles. The molecular weight excluding hydrogens is 545 g/mol. The number of nitrogens with zero attached hydrogens (tertiary/aromatic N) is 1. The van der Waals surface area contributed by atoms with Crippen molar-refractivity contribution in [1.82, 2.24) is 0 Å². The maximum absolute atomic E-state index is 6.65. The van der Waals surface area contributed by atoms with Crippen LogP contribution in [0.15, 0.2) is 65.7 Å². The van der Waals surface area contributed by atoms with Gasteiger partial charge in [-0.15, -0.1) is 0 Å². The molecule has 2 bridgehead atoms. The first-order valence-electron chi connectivity index (χ1n) is 15.3. The Morgan fingerprint density at radius 3 is 2.34 bits per heavy atom. The van der Waals surface area contributed by atoms with Gasteiger partial charge in [-0.25, -0.2) is 0 Å². The maximum Gasteiger partial charge on any atom is 0.179 e. The molecule has 0 heterocycles. The monoisotopic (exact) mass is 589 g/mol. The lowest BCUT2D eigenvalue weighted by atomic mass is 9.54. The number of benzene rings is 3. The SMILES string of the molecule is CCCCc1cc(C=Nc2ccccc2-c2ccccc2OC)c(OP(C)Cl)c(C23CC(C)CC(CC(C)C2)C3)c1. The largest absolute Gasteiger partial charge is 0.496 e. The number of rotatable bonds is 10. The summed E-state index contributed by atoms with van der Waals surface area (Å²) in [5.74, 6) is 4.02. The average molecular weight is 590 g/mol. The summed E-state index contributed by atoms with van der Waals surface area (Å²) in [5, 5.41) is 0. The van der Waals surface area contributed by atoms with Crippen LogP contribution < -0.4 is 9.26 Å². The van der Waals surface area contributed by atoms with Crippen molar-refractivity contribution in [2.24, 2.45) is 22.7 Å². The quantitative estimate of drug-likeness (QED) is 0.174. The number of hydrogen-bond acceptors (Lipinski definition) is 3.